The number of carbonyl (C=O) groups is 1. The molecule has 0 bridgehead atoms. The molecule has 3 unspecified atom stereocenters. The van der Waals surface area contributed by atoms with Gasteiger partial charge in [-0.3, -0.25) is 8.91 Å². The van der Waals surface area contributed by atoms with Crippen LogP contribution in [0.2, 0.25) is 0 Å². The van der Waals surface area contributed by atoms with Gasteiger partial charge in [-0.25, -0.2) is 9.00 Å². The molecule has 0 heterocycles. The van der Waals surface area contributed by atoms with Gasteiger partial charge >= 0.3 is 5.97 Å². The lowest BCUT2D eigenvalue weighted by atomic mass is 10.0. The van der Waals surface area contributed by atoms with Crippen molar-refractivity contribution in [3.63, 3.8) is 0 Å². The molecule has 0 aliphatic carbocycles. The maximum Gasteiger partial charge on any atom is 0.347 e. The number of anilines is 1. The number of rotatable bonds is 19. The van der Waals surface area contributed by atoms with Crippen LogP contribution >= 0.6 is 0 Å². The summed E-state index contributed by atoms with van der Waals surface area (Å²) in [5.74, 6) is 0.220. The molecule has 0 spiro atoms. The zero-order valence-corrected chi connectivity index (χ0v) is 21.2. The van der Waals surface area contributed by atoms with Gasteiger partial charge in [-0.1, -0.05) is 71.6 Å². The summed E-state index contributed by atoms with van der Waals surface area (Å²) in [5, 5.41) is 0. The van der Waals surface area contributed by atoms with E-state index < -0.39 is 17.4 Å². The Kier molecular flexibility index (Phi) is 15.9. The molecule has 0 fully saturated rings. The van der Waals surface area contributed by atoms with Crippen molar-refractivity contribution in [3.05, 3.63) is 24.3 Å². The molecule has 0 aromatic heterocycles. The first-order valence-electron chi connectivity index (χ1n) is 12.2. The third-order valence-corrected chi connectivity index (χ3v) is 6.35. The topological polar surface area (TPSA) is 73.9 Å². The highest BCUT2D eigenvalue weighted by Gasteiger charge is 2.20. The number of nitrogens with one attached hydrogen (secondary N) is 1. The van der Waals surface area contributed by atoms with Gasteiger partial charge in [-0.15, -0.1) is 0 Å². The van der Waals surface area contributed by atoms with Gasteiger partial charge in [0.1, 0.15) is 5.75 Å². The Balaban J connectivity index is 2.36. The van der Waals surface area contributed by atoms with Crippen molar-refractivity contribution in [2.24, 2.45) is 0 Å². The van der Waals surface area contributed by atoms with Crippen molar-refractivity contribution in [1.82, 2.24) is 0 Å². The van der Waals surface area contributed by atoms with Crippen LogP contribution in [-0.4, -0.2) is 29.5 Å². The minimum atomic E-state index is -1.60. The lowest BCUT2D eigenvalue weighted by molar-refractivity contribution is -0.149. The van der Waals surface area contributed by atoms with Crippen molar-refractivity contribution < 1.29 is 22.7 Å². The zero-order valence-electron chi connectivity index (χ0n) is 20.4. The summed E-state index contributed by atoms with van der Waals surface area (Å²) in [6.45, 7) is 6.09. The maximum absolute atomic E-state index is 12.1. The minimum Gasteiger partial charge on any atom is -0.479 e. The first kappa shape index (κ1) is 28.4. The molecule has 1 aromatic rings. The van der Waals surface area contributed by atoms with Crippen LogP contribution in [-0.2, 0) is 25.0 Å². The number of benzene rings is 1. The van der Waals surface area contributed by atoms with Crippen molar-refractivity contribution in [1.29, 1.82) is 0 Å². The van der Waals surface area contributed by atoms with Crippen LogP contribution in [0.4, 0.5) is 5.69 Å². The molecule has 0 saturated heterocycles. The molecule has 1 rings (SSSR count). The minimum absolute atomic E-state index is 0.0856. The summed E-state index contributed by atoms with van der Waals surface area (Å²) in [7, 11) is 1.39. The van der Waals surface area contributed by atoms with Crippen molar-refractivity contribution >= 4 is 22.9 Å². The Morgan fingerprint density at radius 1 is 0.938 bits per heavy atom. The van der Waals surface area contributed by atoms with E-state index in [4.69, 9.17) is 13.7 Å². The van der Waals surface area contributed by atoms with Gasteiger partial charge in [-0.05, 0) is 50.5 Å². The van der Waals surface area contributed by atoms with E-state index in [0.29, 0.717) is 17.9 Å². The summed E-state index contributed by atoms with van der Waals surface area (Å²) < 4.78 is 30.8. The second-order valence-corrected chi connectivity index (χ2v) is 9.14. The van der Waals surface area contributed by atoms with Gasteiger partial charge in [0, 0.05) is 5.69 Å². The molecule has 0 aliphatic rings. The van der Waals surface area contributed by atoms with Crippen molar-refractivity contribution in [2.75, 3.05) is 11.8 Å². The van der Waals surface area contributed by atoms with Gasteiger partial charge < -0.3 is 9.47 Å². The van der Waals surface area contributed by atoms with Gasteiger partial charge in [0.25, 0.3) is 11.3 Å². The third kappa shape index (κ3) is 13.1. The van der Waals surface area contributed by atoms with Gasteiger partial charge in [-0.2, -0.15) is 0 Å². The fraction of sp³-hybridized carbons (Fsp3) is 0.720. The first-order valence-corrected chi connectivity index (χ1v) is 13.3. The van der Waals surface area contributed by atoms with E-state index in [9.17, 15) is 9.00 Å². The highest BCUT2D eigenvalue weighted by molar-refractivity contribution is 7.81. The fourth-order valence-electron chi connectivity index (χ4n) is 3.28. The van der Waals surface area contributed by atoms with E-state index >= 15 is 0 Å². The van der Waals surface area contributed by atoms with E-state index in [1.54, 1.807) is 24.3 Å². The number of methoxy groups -OCH3 is 1. The molecular formula is C25H43NO5S. The van der Waals surface area contributed by atoms with Crippen LogP contribution < -0.4 is 9.46 Å². The highest BCUT2D eigenvalue weighted by Crippen LogP contribution is 2.20. The van der Waals surface area contributed by atoms with E-state index in [-0.39, 0.29) is 12.1 Å². The lowest BCUT2D eigenvalue weighted by Crippen LogP contribution is -2.28. The number of hydrogen-bond acceptors (Lipinski definition) is 5. The molecule has 0 saturated carbocycles. The molecule has 7 heteroatoms. The summed E-state index contributed by atoms with van der Waals surface area (Å²) in [6.07, 6.45) is 13.2. The van der Waals surface area contributed by atoms with E-state index in [1.807, 2.05) is 13.8 Å². The third-order valence-electron chi connectivity index (χ3n) is 5.44. The second kappa shape index (κ2) is 17.9. The van der Waals surface area contributed by atoms with E-state index in [0.717, 1.165) is 19.3 Å². The SMILES string of the molecule is CCCCCCCCCCCCC(Oc1ccc(NS(=O)OC(C)CC)cc1)C(=O)OC. The Morgan fingerprint density at radius 3 is 2.03 bits per heavy atom. The predicted molar refractivity (Wildman–Crippen MR) is 132 cm³/mol. The molecule has 1 aromatic carbocycles. The maximum atomic E-state index is 12.1. The number of carbonyl (C=O) groups excluding carboxylic acids is 1. The number of esters is 1. The Bertz CT molecular complexity index is 638. The Labute approximate surface area is 197 Å². The summed E-state index contributed by atoms with van der Waals surface area (Å²) in [6, 6.07) is 7.00. The average molecular weight is 470 g/mol. The summed E-state index contributed by atoms with van der Waals surface area (Å²) in [4.78, 5) is 12.1. The van der Waals surface area contributed by atoms with Crippen LogP contribution in [0.15, 0.2) is 24.3 Å². The molecule has 3 atom stereocenters. The molecule has 0 amide bonds. The largest absolute Gasteiger partial charge is 0.479 e. The predicted octanol–water partition coefficient (Wildman–Crippen LogP) is 6.72. The molecule has 1 N–H and O–H groups in total. The molecular weight excluding hydrogens is 426 g/mol. The van der Waals surface area contributed by atoms with Crippen molar-refractivity contribution in [3.8, 4) is 5.75 Å². The van der Waals surface area contributed by atoms with Crippen molar-refractivity contribution in [2.45, 2.75) is 110 Å². The zero-order chi connectivity index (χ0) is 23.6. The number of hydrogen-bond donors (Lipinski definition) is 1. The standard InChI is InChI=1S/C25H43NO5S/c1-5-7-8-9-10-11-12-13-14-15-16-24(25(27)29-4)30-23-19-17-22(18-20-23)26-32(28)31-21(3)6-2/h17-21,24,26H,5-16H2,1-4H3. The average Bonchev–Trinajstić information content (AvgIpc) is 2.79. The summed E-state index contributed by atoms with van der Waals surface area (Å²) >= 11 is -1.60. The Hall–Kier alpha value is -1.60. The number of ether oxygens (including phenoxy) is 2. The van der Waals surface area contributed by atoms with Crippen LogP contribution in [0, 0.1) is 0 Å². The number of unbranched alkanes of at least 4 members (excludes halogenated alkanes) is 9. The van der Waals surface area contributed by atoms with Gasteiger partial charge in [0.2, 0.25) is 0 Å². The second-order valence-electron chi connectivity index (χ2n) is 8.28. The quantitative estimate of drug-likeness (QED) is 0.180. The van der Waals surface area contributed by atoms with Crippen LogP contribution in [0.3, 0.4) is 0 Å². The summed E-state index contributed by atoms with van der Waals surface area (Å²) in [5.41, 5.74) is 0.656. The van der Waals surface area contributed by atoms with Gasteiger partial charge in [0.05, 0.1) is 13.2 Å². The van der Waals surface area contributed by atoms with E-state index in [2.05, 4.69) is 11.6 Å². The molecule has 0 radical (unpaired) electrons. The highest BCUT2D eigenvalue weighted by atomic mass is 32.2. The van der Waals surface area contributed by atoms with Gasteiger partial charge in [0.15, 0.2) is 6.10 Å². The molecule has 6 nitrogen and oxygen atoms in total. The van der Waals surface area contributed by atoms with E-state index in [1.165, 1.54) is 58.5 Å². The van der Waals surface area contributed by atoms with Crippen LogP contribution in [0.25, 0.3) is 0 Å². The Morgan fingerprint density at radius 2 is 1.50 bits per heavy atom. The molecule has 0 aliphatic heterocycles. The molecule has 184 valence electrons. The fourth-order valence-corrected chi connectivity index (χ4v) is 4.09. The molecule has 32 heavy (non-hydrogen) atoms. The lowest BCUT2D eigenvalue weighted by Gasteiger charge is -2.17. The van der Waals surface area contributed by atoms with Crippen LogP contribution in [0.5, 0.6) is 5.75 Å². The first-order chi connectivity index (χ1) is 15.5. The van der Waals surface area contributed by atoms with Crippen LogP contribution in [0.1, 0.15) is 97.8 Å². The smallest absolute Gasteiger partial charge is 0.347 e. The monoisotopic (exact) mass is 469 g/mol. The normalized spacial score (nSPS) is 13.9.